The first-order chi connectivity index (χ1) is 7.86. The van der Waals surface area contributed by atoms with E-state index in [2.05, 4.69) is 24.8 Å². The Morgan fingerprint density at radius 2 is 2.00 bits per heavy atom. The Labute approximate surface area is 108 Å². The summed E-state index contributed by atoms with van der Waals surface area (Å²) >= 11 is 0. The zero-order valence-corrected chi connectivity index (χ0v) is 8.87. The van der Waals surface area contributed by atoms with Crippen LogP contribution in [0, 0.1) is 0 Å². The Hall–Kier alpha value is -1.95. The summed E-state index contributed by atoms with van der Waals surface area (Å²) in [5.41, 5.74) is 5.18. The van der Waals surface area contributed by atoms with Gasteiger partial charge >= 0.3 is 0 Å². The number of nitrogens with zero attached hydrogens (tertiary/aromatic N) is 4. The van der Waals surface area contributed by atoms with E-state index >= 15 is 0 Å². The number of nitrogens with one attached hydrogen (secondary N) is 1. The first-order valence-corrected chi connectivity index (χ1v) is 5.08. The van der Waals surface area contributed by atoms with Crippen LogP contribution >= 0.6 is 0 Å². The van der Waals surface area contributed by atoms with Gasteiger partial charge in [0.25, 0.3) is 0 Å². The second kappa shape index (κ2) is 8.19. The third-order valence-electron chi connectivity index (χ3n) is 2.20. The lowest BCUT2D eigenvalue weighted by atomic mass is 10.4. The smallest absolute Gasteiger partial charge is 0.141 e. The van der Waals surface area contributed by atoms with Crippen LogP contribution in [0.4, 0.5) is 5.82 Å². The topological polar surface area (TPSA) is 81.7 Å². The molecule has 0 atom stereocenters. The molecule has 18 heavy (non-hydrogen) atoms. The highest BCUT2D eigenvalue weighted by Gasteiger charge is 2.05. The van der Waals surface area contributed by atoms with E-state index in [1.54, 1.807) is 12.4 Å². The minimum atomic E-state index is 0. The van der Waals surface area contributed by atoms with E-state index in [-0.39, 0.29) is 14.9 Å². The quantitative estimate of drug-likeness (QED) is 0.737. The van der Waals surface area contributed by atoms with Gasteiger partial charge in [0.05, 0.1) is 12.7 Å². The van der Waals surface area contributed by atoms with Gasteiger partial charge in [-0.1, -0.05) is 14.9 Å². The van der Waals surface area contributed by atoms with Crippen molar-refractivity contribution < 1.29 is 0 Å². The van der Waals surface area contributed by atoms with Gasteiger partial charge in [-0.2, -0.15) is 0 Å². The molecule has 1 aliphatic rings. The number of hydrogen-bond donors (Lipinski definition) is 2. The maximum atomic E-state index is 5.18. The molecule has 2 aromatic rings. The molecule has 6 nitrogen and oxygen atoms in total. The molecule has 0 fully saturated rings. The number of hydrogen-bond acceptors (Lipinski definition) is 5. The van der Waals surface area contributed by atoms with Gasteiger partial charge in [0, 0.05) is 37.9 Å². The van der Waals surface area contributed by atoms with Gasteiger partial charge in [-0.3, -0.25) is 4.98 Å². The fraction of sp³-hybridized carbons (Fsp3) is 0.417. The second-order valence-corrected chi connectivity index (χ2v) is 3.34. The predicted octanol–water partition coefficient (Wildman–Crippen LogP) is 1.32. The predicted molar refractivity (Wildman–Crippen MR) is 73.8 cm³/mol. The Kier molecular flexibility index (Phi) is 7.30. The summed E-state index contributed by atoms with van der Waals surface area (Å²) in [5.74, 6) is 1.61. The Bertz CT molecular complexity index is 405. The van der Waals surface area contributed by atoms with Crippen molar-refractivity contribution in [2.24, 2.45) is 0 Å². The molecule has 3 N–H and O–H groups in total. The monoisotopic (exact) mass is 250 g/mol. The number of rotatable bonds is 0. The zero-order chi connectivity index (χ0) is 11.2. The van der Waals surface area contributed by atoms with Gasteiger partial charge in [-0.15, -0.1) is 0 Å². The molecule has 1 aliphatic heterocycles. The van der Waals surface area contributed by atoms with Gasteiger partial charge < -0.3 is 15.6 Å². The number of imidazole rings is 1. The maximum absolute atomic E-state index is 5.18. The molecule has 0 amide bonds. The van der Waals surface area contributed by atoms with Crippen LogP contribution < -0.4 is 11.1 Å². The van der Waals surface area contributed by atoms with Gasteiger partial charge in [0.1, 0.15) is 11.6 Å². The number of nitrogens with two attached hydrogens (primary N) is 1. The summed E-state index contributed by atoms with van der Waals surface area (Å²) in [4.78, 5) is 11.5. The molecular formula is C12H22N6. The van der Waals surface area contributed by atoms with Crippen LogP contribution in [0.15, 0.2) is 31.0 Å². The number of fused-ring (bicyclic) bond motifs is 1. The summed E-state index contributed by atoms with van der Waals surface area (Å²) in [5, 5.41) is 3.24. The molecule has 6 heteroatoms. The van der Waals surface area contributed by atoms with Crippen LogP contribution in [0.2, 0.25) is 0 Å². The van der Waals surface area contributed by atoms with Crippen LogP contribution in [-0.4, -0.2) is 26.1 Å². The normalized spacial score (nSPS) is 12.0. The van der Waals surface area contributed by atoms with Gasteiger partial charge in [-0.05, 0) is 0 Å². The van der Waals surface area contributed by atoms with Crippen molar-refractivity contribution in [2.45, 2.75) is 27.9 Å². The van der Waals surface area contributed by atoms with Crippen LogP contribution in [-0.2, 0) is 13.1 Å². The summed E-state index contributed by atoms with van der Waals surface area (Å²) in [6, 6.07) is 0. The lowest BCUT2D eigenvalue weighted by Gasteiger charge is -2.13. The van der Waals surface area contributed by atoms with Crippen molar-refractivity contribution >= 4 is 5.82 Å². The Morgan fingerprint density at radius 3 is 2.56 bits per heavy atom. The molecule has 0 saturated heterocycles. The average molecular weight is 250 g/mol. The van der Waals surface area contributed by atoms with E-state index in [1.165, 1.54) is 6.20 Å². The minimum Gasteiger partial charge on any atom is -0.382 e. The van der Waals surface area contributed by atoms with E-state index in [4.69, 9.17) is 5.73 Å². The maximum Gasteiger partial charge on any atom is 0.141 e. The Morgan fingerprint density at radius 1 is 1.17 bits per heavy atom. The van der Waals surface area contributed by atoms with Crippen molar-refractivity contribution in [1.82, 2.24) is 24.8 Å². The molecule has 0 spiro atoms. The molecule has 0 aromatic carbocycles. The SMILES string of the molecule is C.C.Nc1cnccn1.c1cn2c(n1)CNCC2. The highest BCUT2D eigenvalue weighted by molar-refractivity contribution is 5.20. The molecular weight excluding hydrogens is 228 g/mol. The van der Waals surface area contributed by atoms with Crippen LogP contribution in [0.3, 0.4) is 0 Å². The van der Waals surface area contributed by atoms with Crippen LogP contribution in [0.1, 0.15) is 20.7 Å². The highest BCUT2D eigenvalue weighted by Crippen LogP contribution is 1.99. The Balaban J connectivity index is 0.000000297. The summed E-state index contributed by atoms with van der Waals surface area (Å²) in [6.07, 6.45) is 8.50. The largest absolute Gasteiger partial charge is 0.382 e. The molecule has 0 saturated carbocycles. The second-order valence-electron chi connectivity index (χ2n) is 3.34. The third kappa shape index (κ3) is 4.50. The molecule has 3 heterocycles. The summed E-state index contributed by atoms with van der Waals surface area (Å²) in [6.45, 7) is 3.06. The number of aromatic nitrogens is 4. The fourth-order valence-corrected chi connectivity index (χ4v) is 1.42. The minimum absolute atomic E-state index is 0. The third-order valence-corrected chi connectivity index (χ3v) is 2.20. The molecule has 3 rings (SSSR count). The zero-order valence-electron chi connectivity index (χ0n) is 8.87. The lowest BCUT2D eigenvalue weighted by molar-refractivity contribution is 0.505. The fourth-order valence-electron chi connectivity index (χ4n) is 1.42. The molecule has 0 aliphatic carbocycles. The highest BCUT2D eigenvalue weighted by atomic mass is 15.1. The van der Waals surface area contributed by atoms with Crippen molar-refractivity contribution in [3.05, 3.63) is 36.8 Å². The molecule has 0 bridgehead atoms. The van der Waals surface area contributed by atoms with Crippen molar-refractivity contribution in [3.63, 3.8) is 0 Å². The first-order valence-electron chi connectivity index (χ1n) is 5.08. The van der Waals surface area contributed by atoms with E-state index in [1.807, 2.05) is 12.4 Å². The van der Waals surface area contributed by atoms with Crippen molar-refractivity contribution in [2.75, 3.05) is 12.3 Å². The molecule has 2 aromatic heterocycles. The molecule has 100 valence electrons. The molecule has 0 unspecified atom stereocenters. The van der Waals surface area contributed by atoms with E-state index < -0.39 is 0 Å². The van der Waals surface area contributed by atoms with Gasteiger partial charge in [0.15, 0.2) is 0 Å². The van der Waals surface area contributed by atoms with Crippen LogP contribution in [0.25, 0.3) is 0 Å². The van der Waals surface area contributed by atoms with Crippen LogP contribution in [0.5, 0.6) is 0 Å². The summed E-state index contributed by atoms with van der Waals surface area (Å²) < 4.78 is 2.18. The van der Waals surface area contributed by atoms with Crippen molar-refractivity contribution in [1.29, 1.82) is 0 Å². The average Bonchev–Trinajstić information content (AvgIpc) is 2.79. The van der Waals surface area contributed by atoms with Gasteiger partial charge in [0.2, 0.25) is 0 Å². The summed E-state index contributed by atoms with van der Waals surface area (Å²) in [7, 11) is 0. The standard InChI is InChI=1S/C6H9N3.C4H5N3.2CH4/c1-3-9-4-2-8-6(9)5-7-1;5-4-3-6-1-2-7-4;;/h2,4,7H,1,3,5H2;1-3H,(H2,5,7);2*1H4. The first kappa shape index (κ1) is 16.1. The van der Waals surface area contributed by atoms with Gasteiger partial charge in [-0.25, -0.2) is 9.97 Å². The van der Waals surface area contributed by atoms with E-state index in [0.717, 1.165) is 25.5 Å². The number of anilines is 1. The van der Waals surface area contributed by atoms with Crippen molar-refractivity contribution in [3.8, 4) is 0 Å². The number of nitrogen functional groups attached to an aromatic ring is 1. The van der Waals surface area contributed by atoms with E-state index in [0.29, 0.717) is 5.82 Å². The van der Waals surface area contributed by atoms with E-state index in [9.17, 15) is 0 Å². The molecule has 0 radical (unpaired) electrons. The lowest BCUT2D eigenvalue weighted by Crippen LogP contribution is -2.27.